The van der Waals surface area contributed by atoms with E-state index in [4.69, 9.17) is 9.84 Å². The van der Waals surface area contributed by atoms with Crippen LogP contribution in [-0.4, -0.2) is 48.0 Å². The molecule has 6 nitrogen and oxygen atoms in total. The van der Waals surface area contributed by atoms with Gasteiger partial charge in [-0.3, -0.25) is 9.69 Å². The number of hydrogen-bond acceptors (Lipinski definition) is 5. The molecule has 0 radical (unpaired) electrons. The van der Waals surface area contributed by atoms with E-state index in [0.717, 1.165) is 61.7 Å². The van der Waals surface area contributed by atoms with Crippen molar-refractivity contribution in [2.24, 2.45) is 0 Å². The molecule has 1 aliphatic carbocycles. The molecule has 27 heavy (non-hydrogen) atoms. The highest BCUT2D eigenvalue weighted by Crippen LogP contribution is 2.28. The Morgan fingerprint density at radius 2 is 1.81 bits per heavy atom. The van der Waals surface area contributed by atoms with E-state index in [1.165, 1.54) is 19.3 Å². The van der Waals surface area contributed by atoms with Gasteiger partial charge in [0.2, 0.25) is 0 Å². The highest BCUT2D eigenvalue weighted by atomic mass is 16.5. The van der Waals surface area contributed by atoms with Gasteiger partial charge in [0, 0.05) is 32.2 Å². The molecule has 0 spiro atoms. The SMILES string of the molecule is COc1ccccc1N1CCN(Cn2nc3c(cc2=O)CCCCC3)CC1. The lowest BCUT2D eigenvalue weighted by Crippen LogP contribution is -2.48. The molecule has 6 heteroatoms. The molecule has 0 unspecified atom stereocenters. The van der Waals surface area contributed by atoms with Gasteiger partial charge >= 0.3 is 0 Å². The molecule has 144 valence electrons. The van der Waals surface area contributed by atoms with Crippen LogP contribution in [0.25, 0.3) is 0 Å². The van der Waals surface area contributed by atoms with Crippen molar-refractivity contribution in [3.8, 4) is 5.75 Å². The van der Waals surface area contributed by atoms with E-state index in [-0.39, 0.29) is 5.56 Å². The molecule has 1 aromatic heterocycles. The number of ether oxygens (including phenoxy) is 1. The van der Waals surface area contributed by atoms with E-state index in [0.29, 0.717) is 6.67 Å². The summed E-state index contributed by atoms with van der Waals surface area (Å²) in [6.45, 7) is 4.22. The van der Waals surface area contributed by atoms with Crippen LogP contribution in [0.4, 0.5) is 5.69 Å². The molecule has 2 heterocycles. The number of para-hydroxylation sites is 2. The van der Waals surface area contributed by atoms with Gasteiger partial charge in [0.05, 0.1) is 25.2 Å². The molecule has 2 aliphatic rings. The van der Waals surface area contributed by atoms with E-state index in [2.05, 4.69) is 15.9 Å². The summed E-state index contributed by atoms with van der Waals surface area (Å²) in [5, 5.41) is 4.70. The van der Waals surface area contributed by atoms with Crippen LogP contribution in [0.5, 0.6) is 5.75 Å². The lowest BCUT2D eigenvalue weighted by atomic mass is 10.1. The number of aromatic nitrogens is 2. The van der Waals surface area contributed by atoms with Gasteiger partial charge in [-0.2, -0.15) is 5.10 Å². The number of fused-ring (bicyclic) bond motifs is 1. The van der Waals surface area contributed by atoms with E-state index in [1.54, 1.807) is 11.8 Å². The maximum absolute atomic E-state index is 12.5. The van der Waals surface area contributed by atoms with Gasteiger partial charge in [-0.15, -0.1) is 0 Å². The van der Waals surface area contributed by atoms with Crippen molar-refractivity contribution in [2.75, 3.05) is 38.2 Å². The molecule has 0 N–H and O–H groups in total. The molecular formula is C21H28N4O2. The van der Waals surface area contributed by atoms with Crippen molar-refractivity contribution < 1.29 is 4.74 Å². The minimum absolute atomic E-state index is 0.0304. The Hall–Kier alpha value is -2.34. The Morgan fingerprint density at radius 1 is 1.04 bits per heavy atom. The maximum Gasteiger partial charge on any atom is 0.268 e. The van der Waals surface area contributed by atoms with Crippen molar-refractivity contribution in [2.45, 2.75) is 38.8 Å². The summed E-state index contributed by atoms with van der Waals surface area (Å²) in [7, 11) is 1.71. The summed E-state index contributed by atoms with van der Waals surface area (Å²) < 4.78 is 7.14. The summed E-state index contributed by atoms with van der Waals surface area (Å²) in [5.41, 5.74) is 3.46. The minimum atomic E-state index is 0.0304. The lowest BCUT2D eigenvalue weighted by Gasteiger charge is -2.36. The van der Waals surface area contributed by atoms with Crippen LogP contribution < -0.4 is 15.2 Å². The zero-order valence-electron chi connectivity index (χ0n) is 16.1. The third-order valence-electron chi connectivity index (χ3n) is 5.66. The summed E-state index contributed by atoms with van der Waals surface area (Å²) in [6, 6.07) is 9.96. The van der Waals surface area contributed by atoms with Gasteiger partial charge in [-0.25, -0.2) is 4.68 Å². The Morgan fingerprint density at radius 3 is 2.63 bits per heavy atom. The number of nitrogens with zero attached hydrogens (tertiary/aromatic N) is 4. The van der Waals surface area contributed by atoms with Gasteiger partial charge in [-0.1, -0.05) is 18.6 Å². The van der Waals surface area contributed by atoms with Gasteiger partial charge < -0.3 is 9.64 Å². The minimum Gasteiger partial charge on any atom is -0.495 e. The third kappa shape index (κ3) is 4.00. The van der Waals surface area contributed by atoms with Crippen molar-refractivity contribution in [3.05, 3.63) is 51.9 Å². The first-order valence-electron chi connectivity index (χ1n) is 9.95. The fourth-order valence-corrected chi connectivity index (χ4v) is 4.09. The zero-order valence-corrected chi connectivity index (χ0v) is 16.1. The maximum atomic E-state index is 12.5. The van der Waals surface area contributed by atoms with Crippen LogP contribution in [-0.2, 0) is 19.5 Å². The summed E-state index contributed by atoms with van der Waals surface area (Å²) in [4.78, 5) is 17.2. The van der Waals surface area contributed by atoms with Crippen LogP contribution in [0.1, 0.15) is 30.5 Å². The molecule has 2 aromatic rings. The smallest absolute Gasteiger partial charge is 0.268 e. The predicted molar refractivity (Wildman–Crippen MR) is 107 cm³/mol. The van der Waals surface area contributed by atoms with E-state index in [1.807, 2.05) is 24.3 Å². The molecule has 0 bridgehead atoms. The highest BCUT2D eigenvalue weighted by molar-refractivity contribution is 5.58. The fourth-order valence-electron chi connectivity index (χ4n) is 4.09. The number of hydrogen-bond donors (Lipinski definition) is 0. The topological polar surface area (TPSA) is 50.6 Å². The quantitative estimate of drug-likeness (QED) is 0.775. The van der Waals surface area contributed by atoms with Crippen LogP contribution in [0.2, 0.25) is 0 Å². The number of benzene rings is 1. The lowest BCUT2D eigenvalue weighted by molar-refractivity contribution is 0.190. The Kier molecular flexibility index (Phi) is 5.43. The van der Waals surface area contributed by atoms with Gasteiger partial charge in [0.25, 0.3) is 5.56 Å². The second-order valence-corrected chi connectivity index (χ2v) is 7.43. The predicted octanol–water partition coefficient (Wildman–Crippen LogP) is 2.30. The van der Waals surface area contributed by atoms with Crippen LogP contribution in [0.3, 0.4) is 0 Å². The summed E-state index contributed by atoms with van der Waals surface area (Å²) >= 11 is 0. The van der Waals surface area contributed by atoms with Crippen molar-refractivity contribution in [1.29, 1.82) is 0 Å². The Bertz CT molecular complexity index is 840. The van der Waals surface area contributed by atoms with E-state index < -0.39 is 0 Å². The molecule has 1 aromatic carbocycles. The average molecular weight is 368 g/mol. The van der Waals surface area contributed by atoms with Crippen molar-refractivity contribution in [3.63, 3.8) is 0 Å². The third-order valence-corrected chi connectivity index (χ3v) is 5.66. The van der Waals surface area contributed by atoms with E-state index in [9.17, 15) is 4.79 Å². The molecule has 4 rings (SSSR count). The fraction of sp³-hybridized carbons (Fsp3) is 0.524. The Labute approximate surface area is 160 Å². The van der Waals surface area contributed by atoms with Gasteiger partial charge in [-0.05, 0) is 43.4 Å². The number of methoxy groups -OCH3 is 1. The zero-order chi connectivity index (χ0) is 18.6. The van der Waals surface area contributed by atoms with Gasteiger partial charge in [0.15, 0.2) is 0 Å². The van der Waals surface area contributed by atoms with Gasteiger partial charge in [0.1, 0.15) is 5.75 Å². The summed E-state index contributed by atoms with van der Waals surface area (Å²) in [6.07, 6.45) is 5.57. The second kappa shape index (κ2) is 8.13. The van der Waals surface area contributed by atoms with Crippen LogP contribution >= 0.6 is 0 Å². The number of rotatable bonds is 4. The molecule has 1 fully saturated rings. The first-order chi connectivity index (χ1) is 13.2. The number of aryl methyl sites for hydroxylation is 2. The van der Waals surface area contributed by atoms with Crippen LogP contribution in [0.15, 0.2) is 35.1 Å². The second-order valence-electron chi connectivity index (χ2n) is 7.43. The monoisotopic (exact) mass is 368 g/mol. The molecule has 0 saturated carbocycles. The molecule has 1 saturated heterocycles. The van der Waals surface area contributed by atoms with Crippen LogP contribution in [0, 0.1) is 0 Å². The number of piperazine rings is 1. The molecule has 1 aliphatic heterocycles. The highest BCUT2D eigenvalue weighted by Gasteiger charge is 2.21. The molecular weight excluding hydrogens is 340 g/mol. The summed E-state index contributed by atoms with van der Waals surface area (Å²) in [5.74, 6) is 0.912. The number of anilines is 1. The Balaban J connectivity index is 1.42. The average Bonchev–Trinajstić information content (AvgIpc) is 2.94. The first kappa shape index (κ1) is 18.0. The van der Waals surface area contributed by atoms with Crippen molar-refractivity contribution >= 4 is 5.69 Å². The standard InChI is InChI=1S/C21H28N4O2/c1-27-20-10-6-5-9-19(20)24-13-11-23(12-14-24)16-25-21(26)15-17-7-3-2-4-8-18(17)22-25/h5-6,9-10,15H,2-4,7-8,11-14,16H2,1H3. The largest absolute Gasteiger partial charge is 0.495 e. The first-order valence-corrected chi connectivity index (χ1v) is 9.95. The molecule has 0 atom stereocenters. The molecule has 0 amide bonds. The normalized spacial score (nSPS) is 18.0. The van der Waals surface area contributed by atoms with E-state index >= 15 is 0 Å². The van der Waals surface area contributed by atoms with Crippen molar-refractivity contribution in [1.82, 2.24) is 14.7 Å².